The fraction of sp³-hybridized carbons (Fsp3) is 0.455. The lowest BCUT2D eigenvalue weighted by molar-refractivity contribution is 1.22. The van der Waals surface area contributed by atoms with E-state index in [2.05, 4.69) is 43.6 Å². The third-order valence-electron chi connectivity index (χ3n) is 1.38. The van der Waals surface area contributed by atoms with E-state index in [0.29, 0.717) is 0 Å². The fourth-order valence-corrected chi connectivity index (χ4v) is 1.33. The highest BCUT2D eigenvalue weighted by Crippen LogP contribution is 2.06. The Hall–Kier alpha value is -0.430. The van der Waals surface area contributed by atoms with Crippen molar-refractivity contribution in [3.8, 4) is 0 Å². The van der Waals surface area contributed by atoms with Crippen molar-refractivity contribution in [3.63, 3.8) is 0 Å². The van der Waals surface area contributed by atoms with Crippen LogP contribution in [0.5, 0.6) is 0 Å². The molecule has 0 rings (SSSR count). The predicted octanol–water partition coefficient (Wildman–Crippen LogP) is 3.82. The molecule has 0 unspecified atom stereocenters. The highest BCUT2D eigenvalue weighted by atomic mass is 32.2. The van der Waals surface area contributed by atoms with Gasteiger partial charge in [0.25, 0.3) is 0 Å². The Balaban J connectivity index is 4.11. The van der Waals surface area contributed by atoms with Crippen molar-refractivity contribution in [3.05, 3.63) is 36.0 Å². The molecule has 0 saturated carbocycles. The van der Waals surface area contributed by atoms with E-state index in [0.717, 1.165) is 12.2 Å². The van der Waals surface area contributed by atoms with Crippen molar-refractivity contribution in [2.24, 2.45) is 0 Å². The lowest BCUT2D eigenvalue weighted by atomic mass is 10.2. The minimum Gasteiger partial charge on any atom is -0.161 e. The van der Waals surface area contributed by atoms with Crippen LogP contribution in [-0.4, -0.2) is 12.0 Å². The van der Waals surface area contributed by atoms with Gasteiger partial charge in [-0.1, -0.05) is 37.3 Å². The van der Waals surface area contributed by atoms with Gasteiger partial charge in [-0.2, -0.15) is 11.8 Å². The average Bonchev–Trinajstić information content (AvgIpc) is 2.10. The fourth-order valence-electron chi connectivity index (χ4n) is 0.807. The van der Waals surface area contributed by atoms with Crippen molar-refractivity contribution >= 4 is 11.8 Å². The molecule has 12 heavy (non-hydrogen) atoms. The van der Waals surface area contributed by atoms with E-state index in [-0.39, 0.29) is 0 Å². The molecule has 0 spiro atoms. The number of allylic oxidation sites excluding steroid dienone is 5. The molecule has 0 aromatic rings. The Kier molecular flexibility index (Phi) is 8.35. The van der Waals surface area contributed by atoms with Crippen LogP contribution in [-0.2, 0) is 0 Å². The zero-order valence-corrected chi connectivity index (χ0v) is 9.03. The van der Waals surface area contributed by atoms with Gasteiger partial charge in [-0.05, 0) is 25.2 Å². The number of hydrogen-bond acceptors (Lipinski definition) is 1. The molecule has 0 N–H and O–H groups in total. The molecule has 0 bridgehead atoms. The van der Waals surface area contributed by atoms with Crippen LogP contribution in [0.1, 0.15) is 20.3 Å². The molecule has 0 aromatic carbocycles. The topological polar surface area (TPSA) is 0 Å². The molecule has 0 heterocycles. The van der Waals surface area contributed by atoms with Gasteiger partial charge in [0.2, 0.25) is 0 Å². The molecule has 0 nitrogen and oxygen atoms in total. The quantitative estimate of drug-likeness (QED) is 0.582. The summed E-state index contributed by atoms with van der Waals surface area (Å²) in [5, 5.41) is 0. The van der Waals surface area contributed by atoms with Crippen molar-refractivity contribution < 1.29 is 0 Å². The summed E-state index contributed by atoms with van der Waals surface area (Å²) >= 11 is 1.86. The first-order chi connectivity index (χ1) is 5.85. The molecule has 0 radical (unpaired) electrons. The zero-order valence-electron chi connectivity index (χ0n) is 8.21. The van der Waals surface area contributed by atoms with Gasteiger partial charge < -0.3 is 0 Å². The first-order valence-corrected chi connectivity index (χ1v) is 5.71. The standard InChI is InChI=1S/C11H18S/c1-4-6-8-11(10-12-3)9-7-5-2/h4,6-9H,5,10H2,1-3H3/b6-4-,9-7-,11-8+. The summed E-state index contributed by atoms with van der Waals surface area (Å²) in [5.74, 6) is 1.10. The lowest BCUT2D eigenvalue weighted by Crippen LogP contribution is -1.80. The third-order valence-corrected chi connectivity index (χ3v) is 2.00. The molecule has 0 aromatic heterocycles. The highest BCUT2D eigenvalue weighted by molar-refractivity contribution is 7.98. The normalized spacial score (nSPS) is 13.4. The number of thioether (sulfide) groups is 1. The van der Waals surface area contributed by atoms with Crippen molar-refractivity contribution in [1.29, 1.82) is 0 Å². The first kappa shape index (κ1) is 11.6. The molecular formula is C11H18S. The van der Waals surface area contributed by atoms with E-state index >= 15 is 0 Å². The lowest BCUT2D eigenvalue weighted by Gasteiger charge is -1.96. The summed E-state index contributed by atoms with van der Waals surface area (Å²) in [4.78, 5) is 0. The first-order valence-electron chi connectivity index (χ1n) is 4.32. The van der Waals surface area contributed by atoms with Crippen LogP contribution in [0.3, 0.4) is 0 Å². The Morgan fingerprint density at radius 3 is 2.67 bits per heavy atom. The molecule has 0 amide bonds. The maximum Gasteiger partial charge on any atom is 0.0181 e. The van der Waals surface area contributed by atoms with Gasteiger partial charge in [-0.25, -0.2) is 0 Å². The molecule has 0 aliphatic carbocycles. The second-order valence-electron chi connectivity index (χ2n) is 2.51. The van der Waals surface area contributed by atoms with Gasteiger partial charge in [0.05, 0.1) is 0 Å². The highest BCUT2D eigenvalue weighted by Gasteiger charge is 1.87. The number of rotatable bonds is 5. The second-order valence-corrected chi connectivity index (χ2v) is 3.38. The molecule has 0 aliphatic rings. The Labute approximate surface area is 80.4 Å². The zero-order chi connectivity index (χ0) is 9.23. The van der Waals surface area contributed by atoms with E-state index in [1.807, 2.05) is 18.7 Å². The molecule has 0 aliphatic heterocycles. The van der Waals surface area contributed by atoms with E-state index in [4.69, 9.17) is 0 Å². The van der Waals surface area contributed by atoms with Crippen LogP contribution in [0.2, 0.25) is 0 Å². The van der Waals surface area contributed by atoms with Gasteiger partial charge in [0.1, 0.15) is 0 Å². The van der Waals surface area contributed by atoms with E-state index in [1.165, 1.54) is 5.57 Å². The summed E-state index contributed by atoms with van der Waals surface area (Å²) in [5.41, 5.74) is 1.39. The summed E-state index contributed by atoms with van der Waals surface area (Å²) in [7, 11) is 0. The van der Waals surface area contributed by atoms with Crippen LogP contribution in [0.15, 0.2) is 36.0 Å². The van der Waals surface area contributed by atoms with Gasteiger partial charge in [0.15, 0.2) is 0 Å². The minimum atomic E-state index is 1.10. The van der Waals surface area contributed by atoms with Gasteiger partial charge in [-0.15, -0.1) is 0 Å². The van der Waals surface area contributed by atoms with Crippen LogP contribution in [0.4, 0.5) is 0 Å². The van der Waals surface area contributed by atoms with Gasteiger partial charge >= 0.3 is 0 Å². The molecule has 68 valence electrons. The third kappa shape index (κ3) is 6.29. The largest absolute Gasteiger partial charge is 0.161 e. The Morgan fingerprint density at radius 1 is 1.42 bits per heavy atom. The molecule has 0 saturated heterocycles. The Morgan fingerprint density at radius 2 is 2.17 bits per heavy atom. The Bertz CT molecular complexity index is 175. The summed E-state index contributed by atoms with van der Waals surface area (Å²) < 4.78 is 0. The van der Waals surface area contributed by atoms with Crippen molar-refractivity contribution in [2.45, 2.75) is 20.3 Å². The summed E-state index contributed by atoms with van der Waals surface area (Å²) in [6, 6.07) is 0. The van der Waals surface area contributed by atoms with Gasteiger partial charge in [0, 0.05) is 5.75 Å². The van der Waals surface area contributed by atoms with Crippen LogP contribution >= 0.6 is 11.8 Å². The molecule has 0 atom stereocenters. The SMILES string of the molecule is C\C=C/C=C(\C=C/CC)CSC. The monoisotopic (exact) mass is 182 g/mol. The van der Waals surface area contributed by atoms with E-state index < -0.39 is 0 Å². The molecule has 1 heteroatoms. The van der Waals surface area contributed by atoms with E-state index in [1.54, 1.807) is 0 Å². The maximum absolute atomic E-state index is 2.20. The van der Waals surface area contributed by atoms with Gasteiger partial charge in [-0.3, -0.25) is 0 Å². The van der Waals surface area contributed by atoms with Crippen LogP contribution in [0, 0.1) is 0 Å². The molecular weight excluding hydrogens is 164 g/mol. The second kappa shape index (κ2) is 8.66. The minimum absolute atomic E-state index is 1.10. The van der Waals surface area contributed by atoms with Crippen molar-refractivity contribution in [1.82, 2.24) is 0 Å². The van der Waals surface area contributed by atoms with Crippen LogP contribution in [0.25, 0.3) is 0 Å². The average molecular weight is 182 g/mol. The maximum atomic E-state index is 2.20. The molecule has 0 fully saturated rings. The number of hydrogen-bond donors (Lipinski definition) is 0. The predicted molar refractivity (Wildman–Crippen MR) is 60.7 cm³/mol. The van der Waals surface area contributed by atoms with E-state index in [9.17, 15) is 0 Å². The summed E-state index contributed by atoms with van der Waals surface area (Å²) in [6.07, 6.45) is 14.0. The van der Waals surface area contributed by atoms with Crippen molar-refractivity contribution in [2.75, 3.05) is 12.0 Å². The summed E-state index contributed by atoms with van der Waals surface area (Å²) in [6.45, 7) is 4.19. The smallest absolute Gasteiger partial charge is 0.0181 e. The van der Waals surface area contributed by atoms with Crippen LogP contribution < -0.4 is 0 Å².